The SMILES string of the molecule is Cc1cccc(OCc2cnsc2C(=O)O)c1. The van der Waals surface area contributed by atoms with Crippen molar-refractivity contribution in [2.45, 2.75) is 13.5 Å². The van der Waals surface area contributed by atoms with Crippen LogP contribution >= 0.6 is 11.5 Å². The largest absolute Gasteiger partial charge is 0.489 e. The number of ether oxygens (including phenoxy) is 1. The van der Waals surface area contributed by atoms with E-state index in [-0.39, 0.29) is 11.5 Å². The number of carbonyl (C=O) groups is 1. The summed E-state index contributed by atoms with van der Waals surface area (Å²) in [7, 11) is 0. The molecule has 2 aromatic rings. The van der Waals surface area contributed by atoms with Crippen LogP contribution < -0.4 is 4.74 Å². The van der Waals surface area contributed by atoms with Crippen LogP contribution in [0.15, 0.2) is 30.5 Å². The molecule has 0 radical (unpaired) electrons. The van der Waals surface area contributed by atoms with Gasteiger partial charge in [0.05, 0.1) is 0 Å². The van der Waals surface area contributed by atoms with Crippen LogP contribution in [-0.4, -0.2) is 15.4 Å². The number of aromatic carboxylic acids is 1. The molecule has 88 valence electrons. The molecule has 4 nitrogen and oxygen atoms in total. The molecule has 1 aromatic heterocycles. The maximum Gasteiger partial charge on any atom is 0.347 e. The first-order chi connectivity index (χ1) is 8.16. The molecule has 1 N–H and O–H groups in total. The van der Waals surface area contributed by atoms with Crippen LogP contribution in [0, 0.1) is 6.92 Å². The Bertz CT molecular complexity index is 536. The third-order valence-electron chi connectivity index (χ3n) is 2.22. The van der Waals surface area contributed by atoms with Crippen molar-refractivity contribution in [3.63, 3.8) is 0 Å². The molecule has 1 aromatic carbocycles. The third kappa shape index (κ3) is 2.82. The number of nitrogens with zero attached hydrogens (tertiary/aromatic N) is 1. The van der Waals surface area contributed by atoms with Crippen molar-refractivity contribution in [3.8, 4) is 5.75 Å². The van der Waals surface area contributed by atoms with E-state index in [0.29, 0.717) is 5.56 Å². The highest BCUT2D eigenvalue weighted by Gasteiger charge is 2.13. The van der Waals surface area contributed by atoms with Gasteiger partial charge in [0.25, 0.3) is 0 Å². The van der Waals surface area contributed by atoms with Gasteiger partial charge in [0.1, 0.15) is 17.2 Å². The molecule has 2 rings (SSSR count). The first-order valence-electron chi connectivity index (χ1n) is 5.03. The molecule has 0 aliphatic carbocycles. The molecule has 0 saturated carbocycles. The highest BCUT2D eigenvalue weighted by Crippen LogP contribution is 2.18. The molecule has 0 atom stereocenters. The quantitative estimate of drug-likeness (QED) is 0.905. The standard InChI is InChI=1S/C12H11NO3S/c1-8-3-2-4-10(5-8)16-7-9-6-13-17-11(9)12(14)15/h2-6H,7H2,1H3,(H,14,15). The molecule has 17 heavy (non-hydrogen) atoms. The number of benzene rings is 1. The van der Waals surface area contributed by atoms with Crippen molar-refractivity contribution in [1.82, 2.24) is 4.37 Å². The van der Waals surface area contributed by atoms with E-state index in [9.17, 15) is 4.79 Å². The van der Waals surface area contributed by atoms with Gasteiger partial charge in [-0.25, -0.2) is 4.79 Å². The molecule has 0 amide bonds. The Morgan fingerprint density at radius 1 is 1.53 bits per heavy atom. The normalized spacial score (nSPS) is 10.2. The Morgan fingerprint density at radius 2 is 2.35 bits per heavy atom. The Labute approximate surface area is 103 Å². The van der Waals surface area contributed by atoms with Gasteiger partial charge in [-0.2, -0.15) is 4.37 Å². The summed E-state index contributed by atoms with van der Waals surface area (Å²) in [6, 6.07) is 7.61. The zero-order valence-corrected chi connectivity index (χ0v) is 10.0. The number of carboxylic acid groups (broad SMARTS) is 1. The fourth-order valence-electron chi connectivity index (χ4n) is 1.41. The van der Waals surface area contributed by atoms with E-state index in [4.69, 9.17) is 9.84 Å². The van der Waals surface area contributed by atoms with Gasteiger partial charge in [-0.1, -0.05) is 12.1 Å². The minimum atomic E-state index is -0.963. The van der Waals surface area contributed by atoms with E-state index in [2.05, 4.69) is 4.37 Å². The van der Waals surface area contributed by atoms with Crippen molar-refractivity contribution < 1.29 is 14.6 Å². The van der Waals surface area contributed by atoms with E-state index in [1.807, 2.05) is 31.2 Å². The van der Waals surface area contributed by atoms with Crippen molar-refractivity contribution >= 4 is 17.5 Å². The van der Waals surface area contributed by atoms with Gasteiger partial charge in [0.15, 0.2) is 0 Å². The van der Waals surface area contributed by atoms with Gasteiger partial charge in [-0.3, -0.25) is 0 Å². The average Bonchev–Trinajstić information content (AvgIpc) is 2.74. The van der Waals surface area contributed by atoms with Crippen LogP contribution in [0.1, 0.15) is 20.8 Å². The van der Waals surface area contributed by atoms with Crippen LogP contribution in [0.4, 0.5) is 0 Å². The van der Waals surface area contributed by atoms with E-state index in [0.717, 1.165) is 22.8 Å². The molecule has 0 aliphatic rings. The number of carboxylic acids is 1. The van der Waals surface area contributed by atoms with Crippen LogP contribution in [0.25, 0.3) is 0 Å². The summed E-state index contributed by atoms with van der Waals surface area (Å²) in [6.45, 7) is 2.20. The first kappa shape index (κ1) is 11.6. The summed E-state index contributed by atoms with van der Waals surface area (Å²) in [6.07, 6.45) is 1.53. The lowest BCUT2D eigenvalue weighted by Crippen LogP contribution is -2.01. The highest BCUT2D eigenvalue weighted by atomic mass is 32.1. The lowest BCUT2D eigenvalue weighted by molar-refractivity contribution is 0.0699. The fourth-order valence-corrected chi connectivity index (χ4v) is 2.00. The molecule has 0 bridgehead atoms. The second kappa shape index (κ2) is 4.97. The molecule has 0 saturated heterocycles. The van der Waals surface area contributed by atoms with Crippen LogP contribution in [0.5, 0.6) is 5.75 Å². The topological polar surface area (TPSA) is 59.4 Å². The highest BCUT2D eigenvalue weighted by molar-refractivity contribution is 7.08. The smallest absolute Gasteiger partial charge is 0.347 e. The Balaban J connectivity index is 2.07. The summed E-state index contributed by atoms with van der Waals surface area (Å²) in [5.74, 6) is -0.233. The van der Waals surface area contributed by atoms with E-state index in [1.165, 1.54) is 6.20 Å². The summed E-state index contributed by atoms with van der Waals surface area (Å²) >= 11 is 0.966. The second-order valence-corrected chi connectivity index (χ2v) is 4.39. The zero-order chi connectivity index (χ0) is 12.3. The summed E-state index contributed by atoms with van der Waals surface area (Å²) in [5.41, 5.74) is 1.70. The monoisotopic (exact) mass is 249 g/mol. The minimum Gasteiger partial charge on any atom is -0.489 e. The van der Waals surface area contributed by atoms with Gasteiger partial charge >= 0.3 is 5.97 Å². The van der Waals surface area contributed by atoms with Gasteiger partial charge in [0.2, 0.25) is 0 Å². The number of hydrogen-bond acceptors (Lipinski definition) is 4. The Kier molecular flexibility index (Phi) is 3.39. The molecule has 5 heteroatoms. The first-order valence-corrected chi connectivity index (χ1v) is 5.80. The molecular formula is C12H11NO3S. The molecular weight excluding hydrogens is 238 g/mol. The summed E-state index contributed by atoms with van der Waals surface area (Å²) < 4.78 is 9.38. The van der Waals surface area contributed by atoms with Crippen LogP contribution in [0.2, 0.25) is 0 Å². The predicted molar refractivity (Wildman–Crippen MR) is 64.6 cm³/mol. The minimum absolute atomic E-state index is 0.224. The number of aryl methyl sites for hydroxylation is 1. The van der Waals surface area contributed by atoms with Crippen LogP contribution in [0.3, 0.4) is 0 Å². The third-order valence-corrected chi connectivity index (χ3v) is 3.05. The maximum atomic E-state index is 10.9. The Hall–Kier alpha value is -1.88. The molecule has 1 heterocycles. The Morgan fingerprint density at radius 3 is 3.06 bits per heavy atom. The van der Waals surface area contributed by atoms with E-state index < -0.39 is 5.97 Å². The van der Waals surface area contributed by atoms with Gasteiger partial charge in [0, 0.05) is 11.8 Å². The van der Waals surface area contributed by atoms with E-state index in [1.54, 1.807) is 0 Å². The summed E-state index contributed by atoms with van der Waals surface area (Å²) in [5, 5.41) is 8.91. The van der Waals surface area contributed by atoms with Gasteiger partial charge in [-0.05, 0) is 36.2 Å². The lowest BCUT2D eigenvalue weighted by atomic mass is 10.2. The van der Waals surface area contributed by atoms with Crippen molar-refractivity contribution in [2.24, 2.45) is 0 Å². The molecule has 0 unspecified atom stereocenters. The number of aromatic nitrogens is 1. The fraction of sp³-hybridized carbons (Fsp3) is 0.167. The lowest BCUT2D eigenvalue weighted by Gasteiger charge is -2.05. The second-order valence-electron chi connectivity index (χ2n) is 3.59. The van der Waals surface area contributed by atoms with Crippen molar-refractivity contribution in [2.75, 3.05) is 0 Å². The van der Waals surface area contributed by atoms with Gasteiger partial charge in [-0.15, -0.1) is 0 Å². The molecule has 0 spiro atoms. The van der Waals surface area contributed by atoms with Crippen LogP contribution in [-0.2, 0) is 6.61 Å². The summed E-state index contributed by atoms with van der Waals surface area (Å²) in [4.78, 5) is 11.1. The van der Waals surface area contributed by atoms with Crippen molar-refractivity contribution in [1.29, 1.82) is 0 Å². The molecule has 0 fully saturated rings. The van der Waals surface area contributed by atoms with Crippen molar-refractivity contribution in [3.05, 3.63) is 46.5 Å². The zero-order valence-electron chi connectivity index (χ0n) is 9.21. The molecule has 0 aliphatic heterocycles. The average molecular weight is 249 g/mol. The number of rotatable bonds is 4. The predicted octanol–water partition coefficient (Wildman–Crippen LogP) is 2.73. The van der Waals surface area contributed by atoms with Gasteiger partial charge < -0.3 is 9.84 Å². The van der Waals surface area contributed by atoms with E-state index >= 15 is 0 Å². The maximum absolute atomic E-state index is 10.9. The number of hydrogen-bond donors (Lipinski definition) is 1.